The molecule has 0 aromatic heterocycles. The molecule has 0 spiro atoms. The molecule has 0 radical (unpaired) electrons. The van der Waals surface area contributed by atoms with Gasteiger partial charge in [-0.15, -0.1) is 0 Å². The number of likely N-dealkylation sites (N-methyl/N-ethyl adjacent to an activating group) is 1. The van der Waals surface area contributed by atoms with Crippen molar-refractivity contribution in [1.29, 1.82) is 0 Å². The predicted octanol–water partition coefficient (Wildman–Crippen LogP) is -0.684. The lowest BCUT2D eigenvalue weighted by Crippen LogP contribution is -2.51. The van der Waals surface area contributed by atoms with Crippen LogP contribution in [0, 0.1) is 0 Å². The van der Waals surface area contributed by atoms with Gasteiger partial charge in [0.2, 0.25) is 10.0 Å². The molecule has 0 aliphatic carbocycles. The second-order valence-electron chi connectivity index (χ2n) is 4.49. The van der Waals surface area contributed by atoms with Crippen LogP contribution >= 0.6 is 0 Å². The number of nitrogens with one attached hydrogen (secondary N) is 1. The minimum atomic E-state index is -3.05. The average Bonchev–Trinajstić information content (AvgIpc) is 2.83. The van der Waals surface area contributed by atoms with Crippen molar-refractivity contribution in [3.63, 3.8) is 0 Å². The maximum Gasteiger partial charge on any atom is 0.218 e. The molecule has 2 rings (SSSR count). The van der Waals surface area contributed by atoms with Crippen LogP contribution in [0.25, 0.3) is 0 Å². The molecule has 16 heavy (non-hydrogen) atoms. The summed E-state index contributed by atoms with van der Waals surface area (Å²) < 4.78 is 26.2. The van der Waals surface area contributed by atoms with Gasteiger partial charge in [-0.1, -0.05) is 6.92 Å². The first-order chi connectivity index (χ1) is 7.64. The van der Waals surface area contributed by atoms with E-state index in [1.165, 1.54) is 0 Å². The van der Waals surface area contributed by atoms with E-state index in [1.807, 2.05) is 0 Å². The van der Waals surface area contributed by atoms with Gasteiger partial charge >= 0.3 is 0 Å². The van der Waals surface area contributed by atoms with Crippen LogP contribution in [0.1, 0.15) is 13.3 Å². The molecule has 5 nitrogen and oxygen atoms in total. The van der Waals surface area contributed by atoms with E-state index >= 15 is 0 Å². The molecule has 0 aromatic rings. The van der Waals surface area contributed by atoms with Crippen molar-refractivity contribution in [2.45, 2.75) is 18.6 Å². The number of hydrogen-bond donors (Lipinski definition) is 1. The molecule has 0 bridgehead atoms. The maximum atomic E-state index is 12.3. The standard InChI is InChI=1S/C10H21N3O2S/c1-2-12-5-7-13(8-6-12)16(14,15)10-3-4-11-9-10/h10-11H,2-9H2,1H3. The van der Waals surface area contributed by atoms with Gasteiger partial charge in [-0.05, 0) is 19.5 Å². The molecule has 6 heteroatoms. The number of rotatable bonds is 3. The first-order valence-electron chi connectivity index (χ1n) is 6.06. The molecule has 0 aromatic carbocycles. The highest BCUT2D eigenvalue weighted by Gasteiger charge is 2.35. The summed E-state index contributed by atoms with van der Waals surface area (Å²) in [6, 6.07) is 0. The summed E-state index contributed by atoms with van der Waals surface area (Å²) in [5, 5.41) is 2.93. The number of hydrogen-bond acceptors (Lipinski definition) is 4. The minimum absolute atomic E-state index is 0.194. The van der Waals surface area contributed by atoms with Gasteiger partial charge in [0.25, 0.3) is 0 Å². The Hall–Kier alpha value is -0.170. The van der Waals surface area contributed by atoms with Crippen molar-refractivity contribution < 1.29 is 8.42 Å². The van der Waals surface area contributed by atoms with E-state index in [1.54, 1.807) is 4.31 Å². The molecule has 1 N–H and O–H groups in total. The van der Waals surface area contributed by atoms with E-state index in [4.69, 9.17) is 0 Å². The fraction of sp³-hybridized carbons (Fsp3) is 1.00. The van der Waals surface area contributed by atoms with Gasteiger partial charge in [-0.25, -0.2) is 8.42 Å². The smallest absolute Gasteiger partial charge is 0.218 e. The van der Waals surface area contributed by atoms with Crippen LogP contribution in [-0.2, 0) is 10.0 Å². The van der Waals surface area contributed by atoms with Gasteiger partial charge in [-0.3, -0.25) is 0 Å². The summed E-state index contributed by atoms with van der Waals surface area (Å²) in [7, 11) is -3.05. The van der Waals surface area contributed by atoms with E-state index in [9.17, 15) is 8.42 Å². The van der Waals surface area contributed by atoms with Crippen LogP contribution in [-0.4, -0.2) is 68.7 Å². The molecule has 2 saturated heterocycles. The molecule has 94 valence electrons. The number of nitrogens with zero attached hydrogens (tertiary/aromatic N) is 2. The predicted molar refractivity (Wildman–Crippen MR) is 63.9 cm³/mol. The molecule has 2 aliphatic heterocycles. The van der Waals surface area contributed by atoms with E-state index in [-0.39, 0.29) is 5.25 Å². The third-order valence-corrected chi connectivity index (χ3v) is 5.90. The Morgan fingerprint density at radius 1 is 1.25 bits per heavy atom. The Kier molecular flexibility index (Phi) is 3.84. The summed E-state index contributed by atoms with van der Waals surface area (Å²) >= 11 is 0. The van der Waals surface area contributed by atoms with Crippen molar-refractivity contribution in [3.8, 4) is 0 Å². The molecular weight excluding hydrogens is 226 g/mol. The fourth-order valence-corrected chi connectivity index (χ4v) is 4.23. The maximum absolute atomic E-state index is 12.3. The monoisotopic (exact) mass is 247 g/mol. The second kappa shape index (κ2) is 5.00. The lowest BCUT2D eigenvalue weighted by Gasteiger charge is -2.34. The Bertz CT molecular complexity index is 317. The van der Waals surface area contributed by atoms with E-state index in [2.05, 4.69) is 17.1 Å². The first kappa shape index (κ1) is 12.3. The van der Waals surface area contributed by atoms with Crippen LogP contribution in [0.2, 0.25) is 0 Å². The zero-order valence-electron chi connectivity index (χ0n) is 9.85. The molecule has 1 unspecified atom stereocenters. The van der Waals surface area contributed by atoms with Crippen molar-refractivity contribution in [3.05, 3.63) is 0 Å². The SMILES string of the molecule is CCN1CCN(S(=O)(=O)C2CCNC2)CC1. The lowest BCUT2D eigenvalue weighted by atomic mass is 10.4. The Balaban J connectivity index is 1.97. The first-order valence-corrected chi connectivity index (χ1v) is 7.57. The van der Waals surface area contributed by atoms with Crippen LogP contribution in [0.5, 0.6) is 0 Å². The zero-order chi connectivity index (χ0) is 11.6. The van der Waals surface area contributed by atoms with E-state index in [0.717, 1.165) is 32.6 Å². The van der Waals surface area contributed by atoms with Gasteiger partial charge in [0, 0.05) is 32.7 Å². The summed E-state index contributed by atoms with van der Waals surface area (Å²) in [5.41, 5.74) is 0. The van der Waals surface area contributed by atoms with Crippen LogP contribution < -0.4 is 5.32 Å². The molecule has 0 amide bonds. The molecule has 2 fully saturated rings. The third kappa shape index (κ3) is 2.40. The zero-order valence-corrected chi connectivity index (χ0v) is 10.7. The highest BCUT2D eigenvalue weighted by molar-refractivity contribution is 7.89. The number of sulfonamides is 1. The summed E-state index contributed by atoms with van der Waals surface area (Å²) in [4.78, 5) is 2.29. The largest absolute Gasteiger partial charge is 0.315 e. The average molecular weight is 247 g/mol. The molecular formula is C10H21N3O2S. The quantitative estimate of drug-likeness (QED) is 0.718. The topological polar surface area (TPSA) is 52.7 Å². The highest BCUT2D eigenvalue weighted by Crippen LogP contribution is 2.17. The summed E-state index contributed by atoms with van der Waals surface area (Å²) in [6.45, 7) is 7.64. The molecule has 2 aliphatic rings. The van der Waals surface area contributed by atoms with Crippen LogP contribution in [0.15, 0.2) is 0 Å². The second-order valence-corrected chi connectivity index (χ2v) is 6.71. The van der Waals surface area contributed by atoms with Crippen molar-refractivity contribution >= 4 is 10.0 Å². The highest BCUT2D eigenvalue weighted by atomic mass is 32.2. The lowest BCUT2D eigenvalue weighted by molar-refractivity contribution is 0.195. The summed E-state index contributed by atoms with van der Waals surface area (Å²) in [5.74, 6) is 0. The summed E-state index contributed by atoms with van der Waals surface area (Å²) in [6.07, 6.45) is 0.760. The van der Waals surface area contributed by atoms with Gasteiger partial charge in [0.15, 0.2) is 0 Å². The Morgan fingerprint density at radius 3 is 2.44 bits per heavy atom. The van der Waals surface area contributed by atoms with E-state index < -0.39 is 10.0 Å². The molecule has 2 heterocycles. The van der Waals surface area contributed by atoms with Crippen molar-refractivity contribution in [1.82, 2.24) is 14.5 Å². The van der Waals surface area contributed by atoms with Crippen molar-refractivity contribution in [2.24, 2.45) is 0 Å². The minimum Gasteiger partial charge on any atom is -0.315 e. The Labute approximate surface area is 97.8 Å². The molecule has 1 atom stereocenters. The van der Waals surface area contributed by atoms with Gasteiger partial charge in [0.05, 0.1) is 5.25 Å². The Morgan fingerprint density at radius 2 is 1.94 bits per heavy atom. The van der Waals surface area contributed by atoms with Crippen LogP contribution in [0.4, 0.5) is 0 Å². The number of piperazine rings is 1. The van der Waals surface area contributed by atoms with Gasteiger partial charge in [-0.2, -0.15) is 4.31 Å². The van der Waals surface area contributed by atoms with Crippen LogP contribution in [0.3, 0.4) is 0 Å². The van der Waals surface area contributed by atoms with Crippen molar-refractivity contribution in [2.75, 3.05) is 45.8 Å². The van der Waals surface area contributed by atoms with E-state index in [0.29, 0.717) is 19.6 Å². The van der Waals surface area contributed by atoms with Gasteiger partial charge in [0.1, 0.15) is 0 Å². The third-order valence-electron chi connectivity index (χ3n) is 3.57. The van der Waals surface area contributed by atoms with Gasteiger partial charge < -0.3 is 10.2 Å². The fourth-order valence-electron chi connectivity index (χ4n) is 2.39. The normalized spacial score (nSPS) is 29.7. The molecule has 0 saturated carbocycles.